The number of benzene rings is 3. The Balaban J connectivity index is 1.65. The van der Waals surface area contributed by atoms with Crippen LogP contribution in [0.2, 0.25) is 5.02 Å². The van der Waals surface area contributed by atoms with Crippen LogP contribution in [0.1, 0.15) is 22.0 Å². The van der Waals surface area contributed by atoms with Crippen molar-refractivity contribution in [2.45, 2.75) is 16.8 Å². The van der Waals surface area contributed by atoms with Gasteiger partial charge in [0.25, 0.3) is 0 Å². The molecule has 5 heteroatoms. The quantitative estimate of drug-likeness (QED) is 0.370. The lowest BCUT2D eigenvalue weighted by molar-refractivity contribution is 0.0888. The smallest absolute Gasteiger partial charge is 0.234 e. The van der Waals surface area contributed by atoms with Gasteiger partial charge in [0, 0.05) is 27.8 Å². The Labute approximate surface area is 178 Å². The topological polar surface area (TPSA) is 34.9 Å². The Bertz CT molecular complexity index is 1170. The first kappa shape index (κ1) is 18.2. The predicted molar refractivity (Wildman–Crippen MR) is 118 cm³/mol. The Morgan fingerprint density at radius 3 is 2.14 bits per heavy atom. The highest BCUT2D eigenvalue weighted by Crippen LogP contribution is 2.46. The van der Waals surface area contributed by atoms with E-state index in [4.69, 9.17) is 16.6 Å². The van der Waals surface area contributed by atoms with Gasteiger partial charge in [-0.25, -0.2) is 4.98 Å². The highest BCUT2D eigenvalue weighted by atomic mass is 35.5. The van der Waals surface area contributed by atoms with Gasteiger partial charge in [-0.05, 0) is 17.7 Å². The second-order valence-corrected chi connectivity index (χ2v) is 8.52. The van der Waals surface area contributed by atoms with Crippen molar-refractivity contribution in [1.29, 1.82) is 0 Å². The van der Waals surface area contributed by atoms with Crippen molar-refractivity contribution >= 4 is 29.3 Å². The molecule has 0 N–H and O–H groups in total. The molecule has 0 fully saturated rings. The van der Waals surface area contributed by atoms with Crippen LogP contribution < -0.4 is 0 Å². The Morgan fingerprint density at radius 2 is 1.48 bits per heavy atom. The minimum atomic E-state index is 0.0295. The van der Waals surface area contributed by atoms with Gasteiger partial charge in [-0.2, -0.15) is 0 Å². The van der Waals surface area contributed by atoms with Crippen molar-refractivity contribution in [1.82, 2.24) is 9.55 Å². The molecule has 3 nitrogen and oxygen atoms in total. The number of aromatic nitrogens is 2. The van der Waals surface area contributed by atoms with Crippen LogP contribution in [0.25, 0.3) is 22.5 Å². The van der Waals surface area contributed by atoms with Gasteiger partial charge in [0.05, 0.1) is 11.4 Å². The average Bonchev–Trinajstić information content (AvgIpc) is 3.16. The van der Waals surface area contributed by atoms with Crippen molar-refractivity contribution < 1.29 is 4.79 Å². The second kappa shape index (κ2) is 7.54. The van der Waals surface area contributed by atoms with Gasteiger partial charge in [0.15, 0.2) is 5.16 Å². The maximum absolute atomic E-state index is 13.3. The summed E-state index contributed by atoms with van der Waals surface area (Å²) in [5.74, 6) is 0.0623. The molecule has 1 atom stereocenters. The molecular weight excluding hydrogens is 400 g/mol. The van der Waals surface area contributed by atoms with E-state index >= 15 is 0 Å². The van der Waals surface area contributed by atoms with Gasteiger partial charge >= 0.3 is 0 Å². The molecule has 0 unspecified atom stereocenters. The zero-order valence-corrected chi connectivity index (χ0v) is 17.0. The van der Waals surface area contributed by atoms with Gasteiger partial charge < -0.3 is 0 Å². The maximum atomic E-state index is 13.3. The summed E-state index contributed by atoms with van der Waals surface area (Å²) in [5, 5.41) is 1.46. The van der Waals surface area contributed by atoms with Crippen LogP contribution in [0.4, 0.5) is 0 Å². The summed E-state index contributed by atoms with van der Waals surface area (Å²) in [4.78, 5) is 18.2. The van der Waals surface area contributed by atoms with Crippen molar-refractivity contribution in [2.75, 3.05) is 0 Å². The molecule has 2 heterocycles. The first-order valence-electron chi connectivity index (χ1n) is 9.39. The van der Waals surface area contributed by atoms with E-state index in [9.17, 15) is 4.79 Å². The number of halogens is 1. The molecular formula is C24H17ClN2OS. The van der Waals surface area contributed by atoms with Crippen LogP contribution in [0.3, 0.4) is 0 Å². The van der Waals surface area contributed by atoms with Crippen molar-refractivity contribution in [3.63, 3.8) is 0 Å². The molecule has 0 aliphatic carbocycles. The highest BCUT2D eigenvalue weighted by Gasteiger charge is 2.32. The third-order valence-corrected chi connectivity index (χ3v) is 6.50. The summed E-state index contributed by atoms with van der Waals surface area (Å²) >= 11 is 7.66. The fourth-order valence-electron chi connectivity index (χ4n) is 3.65. The van der Waals surface area contributed by atoms with Gasteiger partial charge in [-0.15, -0.1) is 0 Å². The van der Waals surface area contributed by atoms with Crippen molar-refractivity contribution in [3.05, 3.63) is 95.5 Å². The average molecular weight is 417 g/mol. The summed E-state index contributed by atoms with van der Waals surface area (Å²) in [7, 11) is 0. The Hall–Kier alpha value is -2.82. The zero-order chi connectivity index (χ0) is 19.8. The number of carbonyl (C=O) groups excluding carboxylic acids is 1. The van der Waals surface area contributed by atoms with Crippen LogP contribution in [0, 0.1) is 0 Å². The number of fused-ring (bicyclic) bond motifs is 1. The number of thioether (sulfide) groups is 1. The third-order valence-electron chi connectivity index (χ3n) is 5.04. The van der Waals surface area contributed by atoms with Crippen molar-refractivity contribution in [2.24, 2.45) is 0 Å². The molecule has 29 heavy (non-hydrogen) atoms. The van der Waals surface area contributed by atoms with E-state index < -0.39 is 0 Å². The molecule has 1 aromatic heterocycles. The molecule has 5 rings (SSSR count). The normalized spacial score (nSPS) is 15.9. The van der Waals surface area contributed by atoms with E-state index in [2.05, 4.69) is 0 Å². The Morgan fingerprint density at radius 1 is 0.862 bits per heavy atom. The summed E-state index contributed by atoms with van der Waals surface area (Å²) < 4.78 is 1.79. The van der Waals surface area contributed by atoms with Gasteiger partial charge in [-0.1, -0.05) is 96.2 Å². The number of rotatable bonds is 3. The lowest BCUT2D eigenvalue weighted by atomic mass is 10.0. The lowest BCUT2D eigenvalue weighted by Crippen LogP contribution is -2.20. The fourth-order valence-corrected chi connectivity index (χ4v) is 4.99. The fraction of sp³-hybridized carbons (Fsp3) is 0.0833. The van der Waals surface area contributed by atoms with Crippen LogP contribution in [0.5, 0.6) is 0 Å². The predicted octanol–water partition coefficient (Wildman–Crippen LogP) is 6.75. The van der Waals surface area contributed by atoms with Gasteiger partial charge in [0.2, 0.25) is 5.91 Å². The first-order chi connectivity index (χ1) is 14.2. The Kier molecular flexibility index (Phi) is 4.74. The van der Waals surface area contributed by atoms with E-state index in [1.807, 2.05) is 84.9 Å². The molecule has 0 spiro atoms. The molecule has 1 aliphatic heterocycles. The molecule has 0 bridgehead atoms. The number of imidazole rings is 1. The van der Waals surface area contributed by atoms with Crippen LogP contribution >= 0.6 is 23.4 Å². The summed E-state index contributed by atoms with van der Waals surface area (Å²) in [6.45, 7) is 0. The molecule has 0 amide bonds. The van der Waals surface area contributed by atoms with E-state index in [-0.39, 0.29) is 11.2 Å². The molecule has 4 aromatic rings. The van der Waals surface area contributed by atoms with Gasteiger partial charge in [0.1, 0.15) is 0 Å². The minimum Gasteiger partial charge on any atom is -0.274 e. The van der Waals surface area contributed by atoms with Crippen LogP contribution in [-0.4, -0.2) is 15.5 Å². The maximum Gasteiger partial charge on any atom is 0.234 e. The van der Waals surface area contributed by atoms with Gasteiger partial charge in [-0.3, -0.25) is 9.36 Å². The van der Waals surface area contributed by atoms with Crippen LogP contribution in [0.15, 0.2) is 90.1 Å². The molecule has 0 saturated heterocycles. The molecule has 142 valence electrons. The molecule has 0 radical (unpaired) electrons. The second-order valence-electron chi connectivity index (χ2n) is 6.91. The summed E-state index contributed by atoms with van der Waals surface area (Å²) in [5.41, 5.74) is 4.78. The summed E-state index contributed by atoms with van der Waals surface area (Å²) in [6, 6.07) is 27.8. The van der Waals surface area contributed by atoms with Crippen molar-refractivity contribution in [3.8, 4) is 22.5 Å². The number of carbonyl (C=O) groups is 1. The third kappa shape index (κ3) is 3.39. The monoisotopic (exact) mass is 416 g/mol. The largest absolute Gasteiger partial charge is 0.274 e. The zero-order valence-electron chi connectivity index (χ0n) is 15.5. The highest BCUT2D eigenvalue weighted by molar-refractivity contribution is 7.99. The SMILES string of the molecule is O=C1C[C@@H](c2ccc(Cl)cc2)Sc2nc(-c3ccccc3)c(-c3ccccc3)n21. The molecule has 1 aliphatic rings. The number of nitrogens with zero attached hydrogens (tertiary/aromatic N) is 2. The van der Waals surface area contributed by atoms with E-state index in [0.717, 1.165) is 33.2 Å². The standard InChI is InChI=1S/C24H17ClN2OS/c25-19-13-11-16(12-14-19)20-15-21(28)27-23(18-9-5-2-6-10-18)22(26-24(27)29-20)17-7-3-1-4-8-17/h1-14,20H,15H2/t20-/m0/s1. The van der Waals surface area contributed by atoms with E-state index in [0.29, 0.717) is 11.4 Å². The van der Waals surface area contributed by atoms with E-state index in [1.165, 1.54) is 0 Å². The summed E-state index contributed by atoms with van der Waals surface area (Å²) in [6.07, 6.45) is 0.420. The first-order valence-corrected chi connectivity index (χ1v) is 10.7. The molecule has 3 aromatic carbocycles. The van der Waals surface area contributed by atoms with E-state index in [1.54, 1.807) is 16.3 Å². The van der Waals surface area contributed by atoms with Crippen LogP contribution in [-0.2, 0) is 0 Å². The minimum absolute atomic E-state index is 0.0295. The number of hydrogen-bond donors (Lipinski definition) is 0. The molecule has 0 saturated carbocycles. The lowest BCUT2D eigenvalue weighted by Gasteiger charge is -2.23. The number of hydrogen-bond acceptors (Lipinski definition) is 3.